The zero-order valence-electron chi connectivity index (χ0n) is 8.39. The van der Waals surface area contributed by atoms with E-state index in [9.17, 15) is 4.79 Å². The molecule has 3 heteroatoms. The van der Waals surface area contributed by atoms with Crippen LogP contribution in [0, 0.1) is 12.3 Å². The Morgan fingerprint density at radius 1 is 1.62 bits per heavy atom. The van der Waals surface area contributed by atoms with Crippen molar-refractivity contribution >= 4 is 5.91 Å². The predicted molar refractivity (Wildman–Crippen MR) is 54.2 cm³/mol. The molecule has 2 N–H and O–H groups in total. The lowest BCUT2D eigenvalue weighted by molar-refractivity contribution is -0.120. The highest BCUT2D eigenvalue weighted by Gasteiger charge is 2.01. The van der Waals surface area contributed by atoms with E-state index in [0.29, 0.717) is 6.54 Å². The molecule has 3 nitrogen and oxygen atoms in total. The summed E-state index contributed by atoms with van der Waals surface area (Å²) >= 11 is 0. The minimum Gasteiger partial charge on any atom is -0.355 e. The molecule has 0 aliphatic carbocycles. The van der Waals surface area contributed by atoms with E-state index in [-0.39, 0.29) is 11.9 Å². The summed E-state index contributed by atoms with van der Waals surface area (Å²) in [6.45, 7) is 4.99. The van der Waals surface area contributed by atoms with Gasteiger partial charge >= 0.3 is 0 Å². The number of unbranched alkanes of at least 4 members (excludes halogenated alkanes) is 1. The van der Waals surface area contributed by atoms with Crippen molar-refractivity contribution in [3.63, 3.8) is 0 Å². The summed E-state index contributed by atoms with van der Waals surface area (Å²) in [5.74, 6) is 2.51. The molecule has 1 atom stereocenters. The molecule has 0 bridgehead atoms. The van der Waals surface area contributed by atoms with Gasteiger partial charge in [-0.2, -0.15) is 0 Å². The van der Waals surface area contributed by atoms with Crippen LogP contribution in [0.1, 0.15) is 26.7 Å². The number of rotatable bonds is 6. The van der Waals surface area contributed by atoms with Gasteiger partial charge in [0.1, 0.15) is 0 Å². The second-order valence-electron chi connectivity index (χ2n) is 2.97. The molecular formula is C10H18N2O. The van der Waals surface area contributed by atoms with Crippen LogP contribution in [0.5, 0.6) is 0 Å². The Morgan fingerprint density at radius 3 is 2.85 bits per heavy atom. The Hall–Kier alpha value is -1.01. The van der Waals surface area contributed by atoms with Crippen molar-refractivity contribution in [1.82, 2.24) is 10.6 Å². The van der Waals surface area contributed by atoms with E-state index in [2.05, 4.69) is 23.5 Å². The third kappa shape index (κ3) is 7.35. The van der Waals surface area contributed by atoms with E-state index < -0.39 is 0 Å². The molecule has 0 aliphatic rings. The van der Waals surface area contributed by atoms with Gasteiger partial charge in [-0.25, -0.2) is 0 Å². The van der Waals surface area contributed by atoms with Gasteiger partial charge in [0.15, 0.2) is 0 Å². The topological polar surface area (TPSA) is 41.1 Å². The lowest BCUT2D eigenvalue weighted by Crippen LogP contribution is -2.37. The first-order valence-corrected chi connectivity index (χ1v) is 4.67. The summed E-state index contributed by atoms with van der Waals surface area (Å²) in [6.07, 6.45) is 7.25. The number of hydrogen-bond acceptors (Lipinski definition) is 2. The minimum atomic E-state index is -0.0445. The van der Waals surface area contributed by atoms with Gasteiger partial charge in [-0.15, -0.1) is 6.42 Å². The van der Waals surface area contributed by atoms with E-state index in [1.165, 1.54) is 0 Å². The first kappa shape index (κ1) is 12.0. The molecule has 0 radical (unpaired) electrons. The van der Waals surface area contributed by atoms with Crippen molar-refractivity contribution in [1.29, 1.82) is 0 Å². The maximum absolute atomic E-state index is 11.1. The fourth-order valence-corrected chi connectivity index (χ4v) is 0.772. The molecule has 0 aromatic rings. The highest BCUT2D eigenvalue weighted by Crippen LogP contribution is 1.82. The van der Waals surface area contributed by atoms with Gasteiger partial charge in [0.25, 0.3) is 0 Å². The number of nitrogens with one attached hydrogen (secondary N) is 2. The lowest BCUT2D eigenvalue weighted by atomic mass is 10.3. The minimum absolute atomic E-state index is 0.00977. The number of carbonyl (C=O) groups excluding carboxylic acids is 1. The molecule has 0 aliphatic heterocycles. The largest absolute Gasteiger partial charge is 0.355 e. The molecule has 0 fully saturated rings. The molecule has 0 spiro atoms. The first-order chi connectivity index (χ1) is 6.20. The van der Waals surface area contributed by atoms with Crippen molar-refractivity contribution in [3.8, 4) is 12.3 Å². The van der Waals surface area contributed by atoms with E-state index in [0.717, 1.165) is 19.4 Å². The van der Waals surface area contributed by atoms with Crippen LogP contribution in [0.25, 0.3) is 0 Å². The molecule has 1 unspecified atom stereocenters. The number of carbonyl (C=O) groups is 1. The highest BCUT2D eigenvalue weighted by atomic mass is 16.1. The zero-order chi connectivity index (χ0) is 10.1. The standard InChI is InChI=1S/C10H18N2O/c1-4-6-7-11-10(13)8-12-9(3)5-2/h2,9,12H,4,6-8H2,1,3H3,(H,11,13). The molecule has 0 saturated carbocycles. The van der Waals surface area contributed by atoms with Crippen LogP contribution in [0.3, 0.4) is 0 Å². The number of terminal acetylenes is 1. The second kappa shape index (κ2) is 7.63. The maximum atomic E-state index is 11.1. The lowest BCUT2D eigenvalue weighted by Gasteiger charge is -2.07. The highest BCUT2D eigenvalue weighted by molar-refractivity contribution is 5.78. The summed E-state index contributed by atoms with van der Waals surface area (Å²) < 4.78 is 0. The Balaban J connectivity index is 3.36. The van der Waals surface area contributed by atoms with E-state index in [1.54, 1.807) is 0 Å². The summed E-state index contributed by atoms with van der Waals surface area (Å²) in [6, 6.07) is -0.0445. The van der Waals surface area contributed by atoms with Crippen molar-refractivity contribution in [2.75, 3.05) is 13.1 Å². The van der Waals surface area contributed by atoms with E-state index in [1.807, 2.05) is 6.92 Å². The van der Waals surface area contributed by atoms with Gasteiger partial charge in [-0.1, -0.05) is 19.3 Å². The second-order valence-corrected chi connectivity index (χ2v) is 2.97. The molecule has 1 amide bonds. The van der Waals surface area contributed by atoms with Crippen LogP contribution in [0.2, 0.25) is 0 Å². The van der Waals surface area contributed by atoms with E-state index >= 15 is 0 Å². The van der Waals surface area contributed by atoms with E-state index in [4.69, 9.17) is 6.42 Å². The maximum Gasteiger partial charge on any atom is 0.233 e. The molecular weight excluding hydrogens is 164 g/mol. The Morgan fingerprint density at radius 2 is 2.31 bits per heavy atom. The summed E-state index contributed by atoms with van der Waals surface area (Å²) in [5, 5.41) is 5.70. The zero-order valence-corrected chi connectivity index (χ0v) is 8.39. The van der Waals surface area contributed by atoms with Gasteiger partial charge in [0.05, 0.1) is 12.6 Å². The molecule has 0 saturated heterocycles. The third-order valence-corrected chi connectivity index (χ3v) is 1.67. The average molecular weight is 182 g/mol. The van der Waals surface area contributed by atoms with Crippen LogP contribution < -0.4 is 10.6 Å². The smallest absolute Gasteiger partial charge is 0.233 e. The molecule has 0 heterocycles. The van der Waals surface area contributed by atoms with Crippen LogP contribution in [-0.4, -0.2) is 25.0 Å². The van der Waals surface area contributed by atoms with Gasteiger partial charge in [-0.05, 0) is 13.3 Å². The summed E-state index contributed by atoms with van der Waals surface area (Å²) in [4.78, 5) is 11.1. The fourth-order valence-electron chi connectivity index (χ4n) is 0.772. The van der Waals surface area contributed by atoms with Gasteiger partial charge in [0, 0.05) is 6.54 Å². The molecule has 74 valence electrons. The van der Waals surface area contributed by atoms with Crippen molar-refractivity contribution < 1.29 is 4.79 Å². The number of hydrogen-bond donors (Lipinski definition) is 2. The SMILES string of the molecule is C#CC(C)NCC(=O)NCCCC. The summed E-state index contributed by atoms with van der Waals surface area (Å²) in [5.41, 5.74) is 0. The predicted octanol–water partition coefficient (Wildman–Crippen LogP) is 0.514. The molecule has 0 aromatic carbocycles. The van der Waals surface area contributed by atoms with Crippen molar-refractivity contribution in [3.05, 3.63) is 0 Å². The van der Waals surface area contributed by atoms with Crippen LogP contribution in [0.4, 0.5) is 0 Å². The van der Waals surface area contributed by atoms with Crippen molar-refractivity contribution in [2.24, 2.45) is 0 Å². The van der Waals surface area contributed by atoms with Crippen LogP contribution in [0.15, 0.2) is 0 Å². The monoisotopic (exact) mass is 182 g/mol. The van der Waals surface area contributed by atoms with Crippen LogP contribution >= 0.6 is 0 Å². The van der Waals surface area contributed by atoms with Crippen LogP contribution in [-0.2, 0) is 4.79 Å². The Bertz CT molecular complexity index is 184. The fraction of sp³-hybridized carbons (Fsp3) is 0.700. The van der Waals surface area contributed by atoms with Gasteiger partial charge < -0.3 is 5.32 Å². The quantitative estimate of drug-likeness (QED) is 0.464. The first-order valence-electron chi connectivity index (χ1n) is 4.67. The number of amides is 1. The molecule has 0 aromatic heterocycles. The van der Waals surface area contributed by atoms with Gasteiger partial charge in [-0.3, -0.25) is 10.1 Å². The normalized spacial score (nSPS) is 11.8. The Kier molecular flexibility index (Phi) is 7.04. The Labute approximate surface area is 80.3 Å². The third-order valence-electron chi connectivity index (χ3n) is 1.67. The summed E-state index contributed by atoms with van der Waals surface area (Å²) in [7, 11) is 0. The average Bonchev–Trinajstić information content (AvgIpc) is 2.14. The molecule has 13 heavy (non-hydrogen) atoms. The van der Waals surface area contributed by atoms with Crippen molar-refractivity contribution in [2.45, 2.75) is 32.7 Å². The molecule has 0 rings (SSSR count). The van der Waals surface area contributed by atoms with Gasteiger partial charge in [0.2, 0.25) is 5.91 Å².